The Morgan fingerprint density at radius 3 is 2.85 bits per heavy atom. The Labute approximate surface area is 183 Å². The summed E-state index contributed by atoms with van der Waals surface area (Å²) in [5, 5.41) is 7.17. The van der Waals surface area contributed by atoms with Gasteiger partial charge in [0.05, 0.1) is 11.6 Å². The van der Waals surface area contributed by atoms with Crippen molar-refractivity contribution in [2.45, 2.75) is 32.7 Å². The first-order valence-corrected chi connectivity index (χ1v) is 9.82. The highest BCUT2D eigenvalue weighted by molar-refractivity contribution is 14.0. The molecule has 1 heterocycles. The number of aliphatic imine (C=N–C) groups is 1. The summed E-state index contributed by atoms with van der Waals surface area (Å²) in [5.74, 6) is 2.93. The van der Waals surface area contributed by atoms with E-state index in [1.165, 1.54) is 12.8 Å². The van der Waals surface area contributed by atoms with E-state index in [0.717, 1.165) is 50.2 Å². The van der Waals surface area contributed by atoms with E-state index in [2.05, 4.69) is 22.5 Å². The van der Waals surface area contributed by atoms with Crippen LogP contribution in [-0.4, -0.2) is 45.5 Å². The lowest BCUT2D eigenvalue weighted by Gasteiger charge is -2.20. The van der Waals surface area contributed by atoms with E-state index in [9.17, 15) is 0 Å². The number of benzene rings is 1. The van der Waals surface area contributed by atoms with Crippen LogP contribution in [0.15, 0.2) is 17.1 Å². The van der Waals surface area contributed by atoms with Crippen LogP contribution < -0.4 is 20.1 Å². The molecule has 0 bridgehead atoms. The second-order valence-corrected chi connectivity index (χ2v) is 7.00. The molecule has 1 aromatic rings. The van der Waals surface area contributed by atoms with Crippen LogP contribution in [0.3, 0.4) is 0 Å². The average molecular weight is 510 g/mol. The van der Waals surface area contributed by atoms with Crippen LogP contribution in [-0.2, 0) is 11.3 Å². The van der Waals surface area contributed by atoms with E-state index < -0.39 is 0 Å². The van der Waals surface area contributed by atoms with Gasteiger partial charge in [0, 0.05) is 26.3 Å². The number of rotatable bonds is 9. The topological polar surface area (TPSA) is 64.1 Å². The number of hydrogen-bond acceptors (Lipinski definition) is 4. The lowest BCUT2D eigenvalue weighted by atomic mass is 10.2. The van der Waals surface area contributed by atoms with Crippen molar-refractivity contribution < 1.29 is 14.2 Å². The van der Waals surface area contributed by atoms with E-state index in [4.69, 9.17) is 25.8 Å². The molecule has 0 spiro atoms. The zero-order valence-electron chi connectivity index (χ0n) is 15.8. The number of hydrogen-bond donors (Lipinski definition) is 2. The van der Waals surface area contributed by atoms with E-state index in [-0.39, 0.29) is 24.0 Å². The molecule has 0 radical (unpaired) electrons. The first-order valence-electron chi connectivity index (χ1n) is 9.44. The SMILES string of the molecule is CCNC(=NCc1cc(Cl)c2c(c1)OCCO2)NCCCOCC1CC1.I. The maximum atomic E-state index is 6.28. The molecule has 0 atom stereocenters. The van der Waals surface area contributed by atoms with Gasteiger partial charge in [0.2, 0.25) is 0 Å². The van der Waals surface area contributed by atoms with Gasteiger partial charge in [-0.2, -0.15) is 0 Å². The first-order chi connectivity index (χ1) is 12.8. The molecule has 1 aliphatic heterocycles. The van der Waals surface area contributed by atoms with Crippen molar-refractivity contribution >= 4 is 41.5 Å². The van der Waals surface area contributed by atoms with E-state index in [1.807, 2.05) is 12.1 Å². The maximum Gasteiger partial charge on any atom is 0.191 e. The number of fused-ring (bicyclic) bond motifs is 1. The molecule has 0 aromatic heterocycles. The highest BCUT2D eigenvalue weighted by atomic mass is 127. The van der Waals surface area contributed by atoms with E-state index in [0.29, 0.717) is 36.3 Å². The van der Waals surface area contributed by atoms with Gasteiger partial charge in [-0.15, -0.1) is 24.0 Å². The number of halogens is 2. The molecule has 0 unspecified atom stereocenters. The summed E-state index contributed by atoms with van der Waals surface area (Å²) in [6.07, 6.45) is 3.63. The molecule has 3 rings (SSSR count). The average Bonchev–Trinajstić information content (AvgIpc) is 3.47. The van der Waals surface area contributed by atoms with Crippen LogP contribution in [0.5, 0.6) is 11.5 Å². The van der Waals surface area contributed by atoms with Gasteiger partial charge in [-0.05, 0) is 49.8 Å². The van der Waals surface area contributed by atoms with E-state index in [1.54, 1.807) is 0 Å². The monoisotopic (exact) mass is 509 g/mol. The van der Waals surface area contributed by atoms with Gasteiger partial charge in [0.15, 0.2) is 17.5 Å². The van der Waals surface area contributed by atoms with Gasteiger partial charge in [0.1, 0.15) is 13.2 Å². The molecule has 1 aromatic carbocycles. The van der Waals surface area contributed by atoms with Crippen LogP contribution in [0.2, 0.25) is 5.02 Å². The molecule has 2 N–H and O–H groups in total. The van der Waals surface area contributed by atoms with Crippen molar-refractivity contribution in [3.05, 3.63) is 22.7 Å². The predicted octanol–water partition coefficient (Wildman–Crippen LogP) is 3.60. The van der Waals surface area contributed by atoms with Gasteiger partial charge >= 0.3 is 0 Å². The molecule has 1 aliphatic carbocycles. The van der Waals surface area contributed by atoms with Crippen molar-refractivity contribution in [3.63, 3.8) is 0 Å². The Kier molecular flexibility index (Phi) is 9.78. The van der Waals surface area contributed by atoms with Gasteiger partial charge in [0.25, 0.3) is 0 Å². The first kappa shape index (κ1) is 22.4. The number of nitrogens with zero attached hydrogens (tertiary/aromatic N) is 1. The molecule has 152 valence electrons. The van der Waals surface area contributed by atoms with Crippen molar-refractivity contribution in [1.82, 2.24) is 10.6 Å². The molecule has 27 heavy (non-hydrogen) atoms. The summed E-state index contributed by atoms with van der Waals surface area (Å²) in [6, 6.07) is 3.83. The maximum absolute atomic E-state index is 6.28. The summed E-state index contributed by atoms with van der Waals surface area (Å²) in [4.78, 5) is 4.63. The molecular formula is C19H29ClIN3O3. The number of ether oxygens (including phenoxy) is 3. The summed E-state index contributed by atoms with van der Waals surface area (Å²) in [6.45, 7) is 7.00. The summed E-state index contributed by atoms with van der Waals surface area (Å²) >= 11 is 6.28. The highest BCUT2D eigenvalue weighted by Crippen LogP contribution is 2.38. The molecule has 1 saturated carbocycles. The smallest absolute Gasteiger partial charge is 0.191 e. The lowest BCUT2D eigenvalue weighted by molar-refractivity contribution is 0.123. The molecule has 6 nitrogen and oxygen atoms in total. The third-order valence-electron chi connectivity index (χ3n) is 4.23. The third-order valence-corrected chi connectivity index (χ3v) is 4.51. The second-order valence-electron chi connectivity index (χ2n) is 6.60. The van der Waals surface area contributed by atoms with Crippen molar-refractivity contribution in [1.29, 1.82) is 0 Å². The van der Waals surface area contributed by atoms with E-state index >= 15 is 0 Å². The number of guanidine groups is 1. The van der Waals surface area contributed by atoms with Gasteiger partial charge < -0.3 is 24.8 Å². The summed E-state index contributed by atoms with van der Waals surface area (Å²) in [7, 11) is 0. The quantitative estimate of drug-likeness (QED) is 0.231. The normalized spacial score (nSPS) is 15.9. The lowest BCUT2D eigenvalue weighted by Crippen LogP contribution is -2.38. The fourth-order valence-corrected chi connectivity index (χ4v) is 2.97. The Balaban J connectivity index is 0.00000261. The molecule has 8 heteroatoms. The van der Waals surface area contributed by atoms with Crippen LogP contribution in [0, 0.1) is 5.92 Å². The van der Waals surface area contributed by atoms with Gasteiger partial charge in [-0.25, -0.2) is 4.99 Å². The Morgan fingerprint density at radius 2 is 2.07 bits per heavy atom. The molecule has 2 aliphatic rings. The van der Waals surface area contributed by atoms with Crippen LogP contribution >= 0.6 is 35.6 Å². The van der Waals surface area contributed by atoms with Crippen molar-refractivity contribution in [2.24, 2.45) is 10.9 Å². The standard InChI is InChI=1S/C19H28ClN3O3.HI/c1-2-21-19(22-6-3-7-24-13-14-4-5-14)23-12-15-10-16(20)18-17(11-15)25-8-9-26-18;/h10-11,14H,2-9,12-13H2,1H3,(H2,21,22,23);1H. The van der Waals surface area contributed by atoms with Crippen molar-refractivity contribution in [2.75, 3.05) is 39.5 Å². The van der Waals surface area contributed by atoms with Crippen LogP contribution in [0.25, 0.3) is 0 Å². The fraction of sp³-hybridized carbons (Fsp3) is 0.632. The largest absolute Gasteiger partial charge is 0.486 e. The predicted molar refractivity (Wildman–Crippen MR) is 119 cm³/mol. The Morgan fingerprint density at radius 1 is 1.26 bits per heavy atom. The Bertz CT molecular complexity index is 626. The zero-order chi connectivity index (χ0) is 18.2. The minimum absolute atomic E-state index is 0. The summed E-state index contributed by atoms with van der Waals surface area (Å²) in [5.41, 5.74) is 0.990. The zero-order valence-corrected chi connectivity index (χ0v) is 18.8. The molecule has 1 fully saturated rings. The minimum atomic E-state index is 0. The van der Waals surface area contributed by atoms with Gasteiger partial charge in [-0.1, -0.05) is 11.6 Å². The summed E-state index contributed by atoms with van der Waals surface area (Å²) < 4.78 is 16.8. The second kappa shape index (κ2) is 11.8. The van der Waals surface area contributed by atoms with Crippen molar-refractivity contribution in [3.8, 4) is 11.5 Å². The molecule has 0 saturated heterocycles. The van der Waals surface area contributed by atoms with Gasteiger partial charge in [-0.3, -0.25) is 0 Å². The van der Waals surface area contributed by atoms with Crippen LogP contribution in [0.4, 0.5) is 0 Å². The molecular weight excluding hydrogens is 481 g/mol. The third kappa shape index (κ3) is 7.54. The fourth-order valence-electron chi connectivity index (χ4n) is 2.68. The number of nitrogens with one attached hydrogen (secondary N) is 2. The minimum Gasteiger partial charge on any atom is -0.486 e. The van der Waals surface area contributed by atoms with Crippen LogP contribution in [0.1, 0.15) is 31.7 Å². The molecule has 0 amide bonds. The Hall–Kier alpha value is -0.930. The highest BCUT2D eigenvalue weighted by Gasteiger charge is 2.20.